The predicted molar refractivity (Wildman–Crippen MR) is 66.3 cm³/mol. The lowest BCUT2D eigenvalue weighted by Crippen LogP contribution is -2.06. The second-order valence-electron chi connectivity index (χ2n) is 3.93. The Balaban J connectivity index is 2.02. The number of carbonyl (C=O) groups is 1. The number of rotatable bonds is 3. The maximum absolute atomic E-state index is 13.3. The third-order valence-electron chi connectivity index (χ3n) is 2.52. The molecule has 0 aliphatic carbocycles. The Morgan fingerprint density at radius 3 is 2.42 bits per heavy atom. The molecule has 0 unspecified atom stereocenters. The zero-order chi connectivity index (χ0) is 13.8. The Labute approximate surface area is 108 Å². The highest BCUT2D eigenvalue weighted by molar-refractivity contribution is 5.89. The Bertz CT molecular complexity index is 597. The van der Waals surface area contributed by atoms with Crippen LogP contribution in [0.3, 0.4) is 0 Å². The van der Waals surface area contributed by atoms with Crippen molar-refractivity contribution in [3.05, 3.63) is 65.2 Å². The van der Waals surface area contributed by atoms with Crippen LogP contribution >= 0.6 is 0 Å². The Morgan fingerprint density at radius 2 is 1.79 bits per heavy atom. The molecule has 2 aromatic rings. The Hall–Kier alpha value is -2.43. The third kappa shape index (κ3) is 3.28. The number of nitrogen functional groups attached to an aromatic ring is 1. The summed E-state index contributed by atoms with van der Waals surface area (Å²) < 4.78 is 30.9. The van der Waals surface area contributed by atoms with Gasteiger partial charge in [0.1, 0.15) is 18.2 Å². The smallest absolute Gasteiger partial charge is 0.338 e. The van der Waals surface area contributed by atoms with Crippen molar-refractivity contribution >= 4 is 11.7 Å². The van der Waals surface area contributed by atoms with Crippen LogP contribution in [0.4, 0.5) is 14.5 Å². The fourth-order valence-corrected chi connectivity index (χ4v) is 1.48. The van der Waals surface area contributed by atoms with Crippen molar-refractivity contribution in [3.63, 3.8) is 0 Å². The minimum atomic E-state index is -0.745. The molecule has 0 amide bonds. The van der Waals surface area contributed by atoms with Gasteiger partial charge in [0.25, 0.3) is 0 Å². The summed E-state index contributed by atoms with van der Waals surface area (Å²) in [6, 6.07) is 9.24. The monoisotopic (exact) mass is 263 g/mol. The summed E-state index contributed by atoms with van der Waals surface area (Å²) in [6.45, 7) is -0.255. The van der Waals surface area contributed by atoms with Crippen molar-refractivity contribution in [2.45, 2.75) is 6.61 Å². The third-order valence-corrected chi connectivity index (χ3v) is 2.52. The molecule has 0 fully saturated rings. The molecule has 0 spiro atoms. The first-order valence-electron chi connectivity index (χ1n) is 5.53. The van der Waals surface area contributed by atoms with Crippen molar-refractivity contribution in [3.8, 4) is 0 Å². The van der Waals surface area contributed by atoms with E-state index < -0.39 is 17.6 Å². The molecule has 0 saturated heterocycles. The molecule has 0 atom stereocenters. The summed E-state index contributed by atoms with van der Waals surface area (Å²) in [4.78, 5) is 11.6. The molecule has 5 heteroatoms. The number of benzene rings is 2. The molecule has 0 aromatic heterocycles. The van der Waals surface area contributed by atoms with Crippen molar-refractivity contribution in [1.29, 1.82) is 0 Å². The van der Waals surface area contributed by atoms with Gasteiger partial charge in [-0.1, -0.05) is 0 Å². The highest BCUT2D eigenvalue weighted by Crippen LogP contribution is 2.12. The van der Waals surface area contributed by atoms with Gasteiger partial charge in [-0.05, 0) is 36.4 Å². The van der Waals surface area contributed by atoms with Gasteiger partial charge >= 0.3 is 5.97 Å². The number of carbonyl (C=O) groups excluding carboxylic acids is 1. The molecule has 0 radical (unpaired) electrons. The number of halogens is 2. The van der Waals surface area contributed by atoms with Crippen molar-refractivity contribution in [2.24, 2.45) is 0 Å². The summed E-state index contributed by atoms with van der Waals surface area (Å²) >= 11 is 0. The van der Waals surface area contributed by atoms with E-state index in [2.05, 4.69) is 0 Å². The molecular formula is C14H11F2NO2. The maximum Gasteiger partial charge on any atom is 0.338 e. The maximum atomic E-state index is 13.3. The lowest BCUT2D eigenvalue weighted by molar-refractivity contribution is 0.0469. The number of esters is 1. The largest absolute Gasteiger partial charge is 0.457 e. The summed E-state index contributed by atoms with van der Waals surface area (Å²) in [7, 11) is 0. The Kier molecular flexibility index (Phi) is 3.75. The van der Waals surface area contributed by atoms with Gasteiger partial charge in [0, 0.05) is 17.3 Å². The molecule has 0 saturated carbocycles. The molecule has 2 N–H and O–H groups in total. The summed E-state index contributed by atoms with van der Waals surface area (Å²) in [6.07, 6.45) is 0. The second-order valence-corrected chi connectivity index (χ2v) is 3.93. The van der Waals surface area contributed by atoms with Crippen LogP contribution < -0.4 is 5.73 Å². The van der Waals surface area contributed by atoms with E-state index in [1.165, 1.54) is 18.2 Å². The van der Waals surface area contributed by atoms with Crippen LogP contribution in [0, 0.1) is 11.6 Å². The van der Waals surface area contributed by atoms with Gasteiger partial charge in [-0.3, -0.25) is 0 Å². The van der Waals surface area contributed by atoms with Gasteiger partial charge in [-0.2, -0.15) is 0 Å². The van der Waals surface area contributed by atoms with Gasteiger partial charge in [0.2, 0.25) is 0 Å². The van der Waals surface area contributed by atoms with Crippen LogP contribution in [0.25, 0.3) is 0 Å². The molecule has 0 aliphatic rings. The Morgan fingerprint density at radius 1 is 1.11 bits per heavy atom. The molecular weight excluding hydrogens is 252 g/mol. The van der Waals surface area contributed by atoms with Crippen LogP contribution in [-0.4, -0.2) is 5.97 Å². The van der Waals surface area contributed by atoms with E-state index in [0.29, 0.717) is 11.3 Å². The topological polar surface area (TPSA) is 52.3 Å². The van der Waals surface area contributed by atoms with Crippen molar-refractivity contribution in [1.82, 2.24) is 0 Å². The van der Waals surface area contributed by atoms with E-state index in [4.69, 9.17) is 10.5 Å². The lowest BCUT2D eigenvalue weighted by atomic mass is 10.2. The number of nitrogens with two attached hydrogens (primary N) is 1. The van der Waals surface area contributed by atoms with Gasteiger partial charge in [0.15, 0.2) is 0 Å². The van der Waals surface area contributed by atoms with Gasteiger partial charge in [0.05, 0.1) is 5.56 Å². The summed E-state index contributed by atoms with van der Waals surface area (Å²) in [5.74, 6) is -2.01. The van der Waals surface area contributed by atoms with Crippen LogP contribution in [0.5, 0.6) is 0 Å². The highest BCUT2D eigenvalue weighted by Gasteiger charge is 2.09. The second kappa shape index (κ2) is 5.48. The van der Waals surface area contributed by atoms with Crippen LogP contribution in [0.2, 0.25) is 0 Å². The molecule has 2 rings (SSSR count). The summed E-state index contributed by atoms with van der Waals surface area (Å²) in [5.41, 5.74) is 6.45. The minimum Gasteiger partial charge on any atom is -0.457 e. The minimum absolute atomic E-state index is 0.116. The first kappa shape index (κ1) is 13.0. The van der Waals surface area contributed by atoms with E-state index in [1.54, 1.807) is 12.1 Å². The number of hydrogen-bond acceptors (Lipinski definition) is 3. The fourth-order valence-electron chi connectivity index (χ4n) is 1.48. The molecule has 0 bridgehead atoms. The number of anilines is 1. The van der Waals surface area contributed by atoms with Gasteiger partial charge in [-0.15, -0.1) is 0 Å². The average molecular weight is 263 g/mol. The first-order valence-corrected chi connectivity index (χ1v) is 5.53. The van der Waals surface area contributed by atoms with E-state index in [0.717, 1.165) is 12.1 Å². The van der Waals surface area contributed by atoms with Crippen LogP contribution in [-0.2, 0) is 11.3 Å². The first-order chi connectivity index (χ1) is 9.06. The fraction of sp³-hybridized carbons (Fsp3) is 0.0714. The molecule has 98 valence electrons. The van der Waals surface area contributed by atoms with Crippen LogP contribution in [0.1, 0.15) is 15.9 Å². The van der Waals surface area contributed by atoms with Crippen molar-refractivity contribution in [2.75, 3.05) is 5.73 Å². The molecule has 19 heavy (non-hydrogen) atoms. The molecule has 2 aromatic carbocycles. The van der Waals surface area contributed by atoms with E-state index >= 15 is 0 Å². The standard InChI is InChI=1S/C14H11F2NO2/c15-11-4-1-10(13(16)7-11)8-19-14(18)9-2-5-12(17)6-3-9/h1-7H,8,17H2. The van der Waals surface area contributed by atoms with E-state index in [9.17, 15) is 13.6 Å². The zero-order valence-corrected chi connectivity index (χ0v) is 9.90. The average Bonchev–Trinajstić information content (AvgIpc) is 2.38. The van der Waals surface area contributed by atoms with E-state index in [1.807, 2.05) is 0 Å². The molecule has 0 aliphatic heterocycles. The van der Waals surface area contributed by atoms with Gasteiger partial charge < -0.3 is 10.5 Å². The van der Waals surface area contributed by atoms with Crippen molar-refractivity contribution < 1.29 is 18.3 Å². The number of hydrogen-bond donors (Lipinski definition) is 1. The van der Waals surface area contributed by atoms with Gasteiger partial charge in [-0.25, -0.2) is 13.6 Å². The number of ether oxygens (including phenoxy) is 1. The molecule has 3 nitrogen and oxygen atoms in total. The predicted octanol–water partition coefficient (Wildman–Crippen LogP) is 2.90. The normalized spacial score (nSPS) is 10.2. The quantitative estimate of drug-likeness (QED) is 0.684. The lowest BCUT2D eigenvalue weighted by Gasteiger charge is -2.06. The summed E-state index contributed by atoms with van der Waals surface area (Å²) in [5, 5.41) is 0. The zero-order valence-electron chi connectivity index (χ0n) is 9.90. The van der Waals surface area contributed by atoms with Crippen LogP contribution in [0.15, 0.2) is 42.5 Å². The SMILES string of the molecule is Nc1ccc(C(=O)OCc2ccc(F)cc2F)cc1. The van der Waals surface area contributed by atoms with E-state index in [-0.39, 0.29) is 12.2 Å². The molecule has 0 heterocycles. The highest BCUT2D eigenvalue weighted by atomic mass is 19.1.